The smallest absolute Gasteiger partial charge is 0.312 e. The van der Waals surface area contributed by atoms with Gasteiger partial charge in [0.05, 0.1) is 15.6 Å². The molecule has 13 nitrogen and oxygen atoms in total. The third kappa shape index (κ3) is 7.62. The van der Waals surface area contributed by atoms with Crippen LogP contribution in [-0.4, -0.2) is 70.3 Å². The van der Waals surface area contributed by atoms with E-state index in [2.05, 4.69) is 5.32 Å². The first-order chi connectivity index (χ1) is 14.0. The molecule has 0 heterocycles. The SMILES string of the molecule is O=C(NCCCO)c1c([N+](=O)[O-])ccc(N(CCI)CCCS(=O)(=O)O)c1[N+](=O)[O-]. The molecule has 0 bridgehead atoms. The summed E-state index contributed by atoms with van der Waals surface area (Å²) in [6, 6.07) is 2.12. The number of rotatable bonds is 13. The van der Waals surface area contributed by atoms with E-state index >= 15 is 0 Å². The molecule has 0 aliphatic heterocycles. The third-order valence-electron chi connectivity index (χ3n) is 3.89. The van der Waals surface area contributed by atoms with Crippen LogP contribution in [0.1, 0.15) is 23.2 Å². The summed E-state index contributed by atoms with van der Waals surface area (Å²) in [5.41, 5.74) is -2.33. The molecular formula is C15H21IN4O9S. The second kappa shape index (κ2) is 11.9. The van der Waals surface area contributed by atoms with Crippen LogP contribution in [0.5, 0.6) is 0 Å². The summed E-state index contributed by atoms with van der Waals surface area (Å²) in [5, 5.41) is 34.3. The lowest BCUT2D eigenvalue weighted by atomic mass is 10.1. The maximum Gasteiger partial charge on any atom is 0.312 e. The second-order valence-electron chi connectivity index (χ2n) is 5.99. The van der Waals surface area contributed by atoms with E-state index in [4.69, 9.17) is 9.66 Å². The number of nitrogens with one attached hydrogen (secondary N) is 1. The van der Waals surface area contributed by atoms with Gasteiger partial charge in [0.25, 0.3) is 21.7 Å². The van der Waals surface area contributed by atoms with Crippen LogP contribution >= 0.6 is 22.6 Å². The van der Waals surface area contributed by atoms with Gasteiger partial charge in [-0.05, 0) is 18.9 Å². The number of aliphatic hydroxyl groups is 1. The number of anilines is 1. The molecule has 3 N–H and O–H groups in total. The highest BCUT2D eigenvalue weighted by atomic mass is 127. The number of benzene rings is 1. The number of nitro groups is 2. The van der Waals surface area contributed by atoms with Crippen molar-refractivity contribution in [2.45, 2.75) is 12.8 Å². The molecule has 0 fully saturated rings. The van der Waals surface area contributed by atoms with Crippen molar-refractivity contribution < 1.29 is 32.7 Å². The zero-order valence-electron chi connectivity index (χ0n) is 15.7. The summed E-state index contributed by atoms with van der Waals surface area (Å²) in [6.07, 6.45) is 0.102. The van der Waals surface area contributed by atoms with Gasteiger partial charge in [-0.2, -0.15) is 8.42 Å². The number of carbonyl (C=O) groups is 1. The van der Waals surface area contributed by atoms with Crippen molar-refractivity contribution in [3.8, 4) is 0 Å². The Balaban J connectivity index is 3.48. The summed E-state index contributed by atoms with van der Waals surface area (Å²) in [4.78, 5) is 35.3. The van der Waals surface area contributed by atoms with Crippen LogP contribution < -0.4 is 10.2 Å². The number of aliphatic hydroxyl groups excluding tert-OH is 1. The summed E-state index contributed by atoms with van der Waals surface area (Å²) in [5.74, 6) is -1.60. The molecule has 1 amide bonds. The molecule has 0 aromatic heterocycles. The Morgan fingerprint density at radius 3 is 2.33 bits per heavy atom. The number of nitro benzene ring substituents is 2. The zero-order chi connectivity index (χ0) is 22.9. The molecule has 30 heavy (non-hydrogen) atoms. The lowest BCUT2D eigenvalue weighted by Gasteiger charge is -2.24. The number of amides is 1. The van der Waals surface area contributed by atoms with Crippen molar-refractivity contribution in [3.63, 3.8) is 0 Å². The molecule has 0 saturated carbocycles. The fourth-order valence-electron chi connectivity index (χ4n) is 2.65. The Labute approximate surface area is 185 Å². The minimum absolute atomic E-state index is 0.00693. The van der Waals surface area contributed by atoms with E-state index in [9.17, 15) is 33.4 Å². The average molecular weight is 560 g/mol. The van der Waals surface area contributed by atoms with Crippen molar-refractivity contribution >= 4 is 55.7 Å². The molecule has 0 radical (unpaired) electrons. The fraction of sp³-hybridized carbons (Fsp3) is 0.533. The van der Waals surface area contributed by atoms with E-state index < -0.39 is 48.6 Å². The standard InChI is InChI=1S/C15H21IN4O9S/c16-5-8-18(7-2-10-30(27,28)29)12-4-3-11(19(23)24)13(14(12)20(25)26)15(22)17-6-1-9-21/h3-4,21H,1-2,5-10H2,(H,17,22)(H,27,28,29). The Hall–Kier alpha value is -2.11. The highest BCUT2D eigenvalue weighted by Crippen LogP contribution is 2.37. The summed E-state index contributed by atoms with van der Waals surface area (Å²) in [7, 11) is -4.23. The van der Waals surface area contributed by atoms with Crippen LogP contribution in [0.15, 0.2) is 12.1 Å². The van der Waals surface area contributed by atoms with Gasteiger partial charge in [-0.15, -0.1) is 0 Å². The van der Waals surface area contributed by atoms with E-state index in [1.54, 1.807) is 0 Å². The topological polar surface area (TPSA) is 193 Å². The molecule has 0 saturated heterocycles. The van der Waals surface area contributed by atoms with Gasteiger partial charge in [0.15, 0.2) is 5.56 Å². The Morgan fingerprint density at radius 2 is 1.83 bits per heavy atom. The average Bonchev–Trinajstić information content (AvgIpc) is 2.65. The van der Waals surface area contributed by atoms with Gasteiger partial charge in [-0.1, -0.05) is 22.6 Å². The Morgan fingerprint density at radius 1 is 1.17 bits per heavy atom. The van der Waals surface area contributed by atoms with Crippen LogP contribution in [0, 0.1) is 20.2 Å². The summed E-state index contributed by atoms with van der Waals surface area (Å²) in [6.45, 7) is -0.0648. The number of nitrogens with zero attached hydrogens (tertiary/aromatic N) is 3. The van der Waals surface area contributed by atoms with E-state index in [1.807, 2.05) is 22.6 Å². The lowest BCUT2D eigenvalue weighted by molar-refractivity contribution is -0.394. The molecule has 0 aliphatic rings. The third-order valence-corrected chi connectivity index (χ3v) is 5.17. The molecule has 168 valence electrons. The highest BCUT2D eigenvalue weighted by Gasteiger charge is 2.35. The molecule has 0 aliphatic carbocycles. The number of carbonyl (C=O) groups excluding carboxylic acids is 1. The largest absolute Gasteiger partial charge is 0.396 e. The van der Waals surface area contributed by atoms with Gasteiger partial charge < -0.3 is 15.3 Å². The van der Waals surface area contributed by atoms with E-state index in [-0.39, 0.29) is 44.8 Å². The maximum atomic E-state index is 12.5. The van der Waals surface area contributed by atoms with Crippen molar-refractivity contribution in [3.05, 3.63) is 37.9 Å². The minimum Gasteiger partial charge on any atom is -0.396 e. The van der Waals surface area contributed by atoms with E-state index in [1.165, 1.54) is 4.90 Å². The Kier molecular flexibility index (Phi) is 10.3. The normalized spacial score (nSPS) is 11.2. The molecular weight excluding hydrogens is 539 g/mol. The van der Waals surface area contributed by atoms with Crippen LogP contribution in [0.2, 0.25) is 0 Å². The molecule has 1 aromatic rings. The quantitative estimate of drug-likeness (QED) is 0.0787. The first-order valence-electron chi connectivity index (χ1n) is 8.64. The maximum absolute atomic E-state index is 12.5. The molecule has 1 rings (SSSR count). The van der Waals surface area contributed by atoms with Crippen molar-refractivity contribution in [2.24, 2.45) is 0 Å². The minimum atomic E-state index is -4.23. The first-order valence-corrected chi connectivity index (χ1v) is 11.8. The van der Waals surface area contributed by atoms with Gasteiger partial charge in [-0.25, -0.2) is 0 Å². The molecule has 0 atom stereocenters. The second-order valence-corrected chi connectivity index (χ2v) is 8.64. The van der Waals surface area contributed by atoms with Crippen molar-refractivity contribution in [1.29, 1.82) is 0 Å². The monoisotopic (exact) mass is 560 g/mol. The van der Waals surface area contributed by atoms with Crippen molar-refractivity contribution in [1.82, 2.24) is 5.32 Å². The fourth-order valence-corrected chi connectivity index (χ4v) is 3.72. The predicted molar refractivity (Wildman–Crippen MR) is 116 cm³/mol. The van der Waals surface area contributed by atoms with Crippen LogP contribution in [-0.2, 0) is 10.1 Å². The summed E-state index contributed by atoms with van der Waals surface area (Å²) < 4.78 is 31.3. The molecule has 0 unspecified atom stereocenters. The first kappa shape index (κ1) is 25.9. The predicted octanol–water partition coefficient (Wildman–Crippen LogP) is 1.13. The molecule has 15 heteroatoms. The van der Waals surface area contributed by atoms with Gasteiger partial charge >= 0.3 is 5.69 Å². The molecule has 1 aromatic carbocycles. The molecule has 0 spiro atoms. The van der Waals surface area contributed by atoms with Crippen LogP contribution in [0.4, 0.5) is 17.1 Å². The summed E-state index contributed by atoms with van der Waals surface area (Å²) >= 11 is 2.00. The number of alkyl halides is 1. The number of hydrogen-bond donors (Lipinski definition) is 3. The van der Waals surface area contributed by atoms with Crippen molar-refractivity contribution in [2.75, 3.05) is 41.3 Å². The van der Waals surface area contributed by atoms with E-state index in [0.717, 1.165) is 12.1 Å². The highest BCUT2D eigenvalue weighted by molar-refractivity contribution is 14.1. The van der Waals surface area contributed by atoms with Crippen LogP contribution in [0.25, 0.3) is 0 Å². The van der Waals surface area contributed by atoms with Gasteiger partial charge in [-0.3, -0.25) is 29.6 Å². The van der Waals surface area contributed by atoms with Gasteiger partial charge in [0, 0.05) is 36.7 Å². The lowest BCUT2D eigenvalue weighted by Crippen LogP contribution is -2.31. The number of hydrogen-bond acceptors (Lipinski definition) is 9. The zero-order valence-corrected chi connectivity index (χ0v) is 18.7. The van der Waals surface area contributed by atoms with Crippen LogP contribution in [0.3, 0.4) is 0 Å². The Bertz CT molecular complexity index is 894. The van der Waals surface area contributed by atoms with Gasteiger partial charge in [0.2, 0.25) is 0 Å². The van der Waals surface area contributed by atoms with E-state index in [0.29, 0.717) is 4.43 Å². The number of halogens is 1. The van der Waals surface area contributed by atoms with Gasteiger partial charge in [0.1, 0.15) is 5.69 Å².